The second-order valence-corrected chi connectivity index (χ2v) is 6.51. The van der Waals surface area contributed by atoms with Crippen molar-refractivity contribution in [2.75, 3.05) is 0 Å². The van der Waals surface area contributed by atoms with Crippen LogP contribution in [0.1, 0.15) is 64.7 Å². The van der Waals surface area contributed by atoms with Crippen molar-refractivity contribution < 1.29 is 4.79 Å². The molecular weight excluding hydrogens is 262 g/mol. The van der Waals surface area contributed by atoms with Crippen LogP contribution in [0.4, 0.5) is 0 Å². The first-order valence-electron chi connectivity index (χ1n) is 8.38. The number of hydrogen-bond donors (Lipinski definition) is 2. The number of nitriles is 1. The van der Waals surface area contributed by atoms with E-state index in [1.54, 1.807) is 6.20 Å². The molecular formula is C17H27N3O. The maximum absolute atomic E-state index is 12.2. The Morgan fingerprint density at radius 3 is 2.43 bits per heavy atom. The van der Waals surface area contributed by atoms with E-state index in [0.29, 0.717) is 12.0 Å². The molecule has 2 rings (SSSR count). The van der Waals surface area contributed by atoms with E-state index in [1.807, 2.05) is 6.07 Å². The van der Waals surface area contributed by atoms with Gasteiger partial charge in [0.05, 0.1) is 0 Å². The third-order valence-electron chi connectivity index (χ3n) is 4.86. The van der Waals surface area contributed by atoms with Gasteiger partial charge in [-0.3, -0.25) is 4.79 Å². The molecule has 4 nitrogen and oxygen atoms in total. The Balaban J connectivity index is 1.86. The molecule has 2 fully saturated rings. The van der Waals surface area contributed by atoms with Crippen molar-refractivity contribution in [1.29, 1.82) is 5.26 Å². The normalized spacial score (nSPS) is 27.7. The van der Waals surface area contributed by atoms with Crippen LogP contribution in [0.25, 0.3) is 0 Å². The van der Waals surface area contributed by atoms with Crippen LogP contribution in [0.15, 0.2) is 11.8 Å². The van der Waals surface area contributed by atoms with E-state index in [2.05, 4.69) is 17.6 Å². The molecule has 0 bridgehead atoms. The fraction of sp³-hybridized carbons (Fsp3) is 0.765. The average molecular weight is 289 g/mol. The summed E-state index contributed by atoms with van der Waals surface area (Å²) in [5.41, 5.74) is 0.207. The second kappa shape index (κ2) is 8.07. The summed E-state index contributed by atoms with van der Waals surface area (Å²) in [4.78, 5) is 12.2. The SMILES string of the molecule is CC1CCCCC1N/C=C(/C#N)C(=O)NC1CCCCC1. The molecule has 0 aromatic carbocycles. The second-order valence-electron chi connectivity index (χ2n) is 6.51. The number of carbonyl (C=O) groups excluding carboxylic acids is 1. The quantitative estimate of drug-likeness (QED) is 0.617. The van der Waals surface area contributed by atoms with Crippen molar-refractivity contribution in [3.05, 3.63) is 11.8 Å². The average Bonchev–Trinajstić information content (AvgIpc) is 2.50. The highest BCUT2D eigenvalue weighted by Crippen LogP contribution is 2.23. The Labute approximate surface area is 128 Å². The minimum Gasteiger partial charge on any atom is -0.387 e. The first-order chi connectivity index (χ1) is 10.2. The molecule has 0 saturated heterocycles. The molecule has 1 amide bonds. The number of carbonyl (C=O) groups is 1. The van der Waals surface area contributed by atoms with Gasteiger partial charge in [-0.15, -0.1) is 0 Å². The third kappa shape index (κ3) is 4.77. The first-order valence-corrected chi connectivity index (χ1v) is 8.38. The van der Waals surface area contributed by atoms with Crippen molar-refractivity contribution in [3.8, 4) is 6.07 Å². The van der Waals surface area contributed by atoms with Gasteiger partial charge in [0, 0.05) is 18.3 Å². The van der Waals surface area contributed by atoms with Crippen LogP contribution in [-0.2, 0) is 4.79 Å². The van der Waals surface area contributed by atoms with Crippen LogP contribution in [0.2, 0.25) is 0 Å². The van der Waals surface area contributed by atoms with Crippen molar-refractivity contribution in [2.24, 2.45) is 5.92 Å². The predicted octanol–water partition coefficient (Wildman–Crippen LogP) is 3.01. The maximum atomic E-state index is 12.2. The molecule has 0 aliphatic heterocycles. The summed E-state index contributed by atoms with van der Waals surface area (Å²) in [5.74, 6) is 0.386. The largest absolute Gasteiger partial charge is 0.387 e. The minimum atomic E-state index is -0.222. The van der Waals surface area contributed by atoms with Gasteiger partial charge in [0.25, 0.3) is 5.91 Å². The number of nitrogens with zero attached hydrogens (tertiary/aromatic N) is 1. The van der Waals surface area contributed by atoms with E-state index in [1.165, 1.54) is 38.5 Å². The van der Waals surface area contributed by atoms with Crippen molar-refractivity contribution in [1.82, 2.24) is 10.6 Å². The van der Waals surface area contributed by atoms with Gasteiger partial charge >= 0.3 is 0 Å². The molecule has 2 aliphatic rings. The summed E-state index contributed by atoms with van der Waals surface area (Å²) in [6, 6.07) is 2.67. The zero-order valence-corrected chi connectivity index (χ0v) is 13.0. The molecule has 116 valence electrons. The lowest BCUT2D eigenvalue weighted by Crippen LogP contribution is -2.38. The monoisotopic (exact) mass is 289 g/mol. The molecule has 4 heteroatoms. The van der Waals surface area contributed by atoms with Gasteiger partial charge in [-0.05, 0) is 31.6 Å². The topological polar surface area (TPSA) is 64.9 Å². The van der Waals surface area contributed by atoms with Crippen molar-refractivity contribution in [3.63, 3.8) is 0 Å². The van der Waals surface area contributed by atoms with Crippen LogP contribution in [-0.4, -0.2) is 18.0 Å². The number of rotatable bonds is 4. The molecule has 2 N–H and O–H groups in total. The molecule has 2 aliphatic carbocycles. The number of nitrogens with one attached hydrogen (secondary N) is 2. The molecule has 0 radical (unpaired) electrons. The molecule has 2 unspecified atom stereocenters. The predicted molar refractivity (Wildman–Crippen MR) is 83.3 cm³/mol. The zero-order chi connectivity index (χ0) is 15.1. The molecule has 2 saturated carbocycles. The molecule has 0 aromatic rings. The van der Waals surface area contributed by atoms with Gasteiger partial charge in [0.15, 0.2) is 0 Å². The summed E-state index contributed by atoms with van der Waals surface area (Å²) >= 11 is 0. The van der Waals surface area contributed by atoms with Crippen LogP contribution in [0.3, 0.4) is 0 Å². The third-order valence-corrected chi connectivity index (χ3v) is 4.86. The fourth-order valence-corrected chi connectivity index (χ4v) is 3.41. The summed E-state index contributed by atoms with van der Waals surface area (Å²) in [6.07, 6.45) is 12.2. The standard InChI is InChI=1S/C17H27N3O/c1-13-7-5-6-10-16(13)19-12-14(11-18)17(21)20-15-8-3-2-4-9-15/h12-13,15-16,19H,2-10H2,1H3,(H,20,21)/b14-12-. The maximum Gasteiger partial charge on any atom is 0.263 e. The molecule has 2 atom stereocenters. The van der Waals surface area contributed by atoms with Gasteiger partial charge in [-0.2, -0.15) is 5.26 Å². The Morgan fingerprint density at radius 2 is 1.76 bits per heavy atom. The number of amides is 1. The summed E-state index contributed by atoms with van der Waals surface area (Å²) in [6.45, 7) is 2.23. The van der Waals surface area contributed by atoms with Crippen LogP contribution in [0.5, 0.6) is 0 Å². The van der Waals surface area contributed by atoms with Gasteiger partial charge in [0.1, 0.15) is 11.6 Å². The lowest BCUT2D eigenvalue weighted by atomic mass is 9.86. The van der Waals surface area contributed by atoms with Gasteiger partial charge in [0.2, 0.25) is 0 Å². The highest BCUT2D eigenvalue weighted by molar-refractivity contribution is 5.97. The first kappa shape index (κ1) is 15.9. The highest BCUT2D eigenvalue weighted by Gasteiger charge is 2.21. The van der Waals surface area contributed by atoms with E-state index in [9.17, 15) is 10.1 Å². The summed E-state index contributed by atoms with van der Waals surface area (Å²) < 4.78 is 0. The summed E-state index contributed by atoms with van der Waals surface area (Å²) in [5, 5.41) is 15.5. The van der Waals surface area contributed by atoms with E-state index in [4.69, 9.17) is 0 Å². The van der Waals surface area contributed by atoms with E-state index < -0.39 is 0 Å². The minimum absolute atomic E-state index is 0.207. The zero-order valence-electron chi connectivity index (χ0n) is 13.0. The van der Waals surface area contributed by atoms with Crippen LogP contribution >= 0.6 is 0 Å². The Bertz CT molecular complexity index is 418. The number of hydrogen-bond acceptors (Lipinski definition) is 3. The van der Waals surface area contributed by atoms with Crippen LogP contribution in [0, 0.1) is 17.2 Å². The van der Waals surface area contributed by atoms with Gasteiger partial charge < -0.3 is 10.6 Å². The Hall–Kier alpha value is -1.50. The van der Waals surface area contributed by atoms with Crippen molar-refractivity contribution >= 4 is 5.91 Å². The van der Waals surface area contributed by atoms with Gasteiger partial charge in [-0.25, -0.2) is 0 Å². The van der Waals surface area contributed by atoms with Crippen LogP contribution < -0.4 is 10.6 Å². The molecule has 0 heterocycles. The van der Waals surface area contributed by atoms with Crippen molar-refractivity contribution in [2.45, 2.75) is 76.8 Å². The van der Waals surface area contributed by atoms with E-state index >= 15 is 0 Å². The Kier molecular flexibility index (Phi) is 6.10. The lowest BCUT2D eigenvalue weighted by molar-refractivity contribution is -0.118. The smallest absolute Gasteiger partial charge is 0.263 e. The van der Waals surface area contributed by atoms with E-state index in [-0.39, 0.29) is 17.5 Å². The lowest BCUT2D eigenvalue weighted by Gasteiger charge is -2.29. The van der Waals surface area contributed by atoms with E-state index in [0.717, 1.165) is 19.3 Å². The molecule has 21 heavy (non-hydrogen) atoms. The molecule has 0 spiro atoms. The Morgan fingerprint density at radius 1 is 1.10 bits per heavy atom. The highest BCUT2D eigenvalue weighted by atomic mass is 16.1. The molecule has 0 aromatic heterocycles. The van der Waals surface area contributed by atoms with Gasteiger partial charge in [-0.1, -0.05) is 39.0 Å². The summed E-state index contributed by atoms with van der Waals surface area (Å²) in [7, 11) is 0. The fourth-order valence-electron chi connectivity index (χ4n) is 3.41.